The second-order valence-corrected chi connectivity index (χ2v) is 5.39. The van der Waals surface area contributed by atoms with E-state index in [9.17, 15) is 4.79 Å². The summed E-state index contributed by atoms with van der Waals surface area (Å²) in [6.45, 7) is 1.81. The molecule has 21 heavy (non-hydrogen) atoms. The molecule has 2 rings (SSSR count). The zero-order chi connectivity index (χ0) is 15.2. The van der Waals surface area contributed by atoms with Gasteiger partial charge in [-0.2, -0.15) is 0 Å². The first-order valence-corrected chi connectivity index (χ1v) is 7.23. The van der Waals surface area contributed by atoms with Crippen molar-refractivity contribution in [2.45, 2.75) is 18.9 Å². The van der Waals surface area contributed by atoms with Crippen molar-refractivity contribution in [1.82, 2.24) is 14.8 Å². The zero-order valence-corrected chi connectivity index (χ0v) is 12.7. The van der Waals surface area contributed by atoms with Crippen LogP contribution in [-0.4, -0.2) is 60.5 Å². The maximum absolute atomic E-state index is 12.6. The molecule has 5 nitrogen and oxygen atoms in total. The molecule has 1 aromatic rings. The molecule has 1 aromatic heterocycles. The molecule has 1 amide bonds. The first-order chi connectivity index (χ1) is 10.1. The van der Waals surface area contributed by atoms with E-state index in [0.717, 1.165) is 25.9 Å². The Labute approximate surface area is 126 Å². The fourth-order valence-corrected chi connectivity index (χ4v) is 2.56. The van der Waals surface area contributed by atoms with Gasteiger partial charge in [0, 0.05) is 25.3 Å². The van der Waals surface area contributed by atoms with Crippen LogP contribution >= 0.6 is 0 Å². The van der Waals surface area contributed by atoms with Crippen molar-refractivity contribution in [2.24, 2.45) is 5.73 Å². The van der Waals surface area contributed by atoms with Gasteiger partial charge < -0.3 is 15.5 Å². The van der Waals surface area contributed by atoms with E-state index in [1.54, 1.807) is 12.3 Å². The van der Waals surface area contributed by atoms with Crippen LogP contribution in [0, 0.1) is 11.8 Å². The minimum absolute atomic E-state index is 0.0332. The number of nitrogens with zero attached hydrogens (tertiary/aromatic N) is 3. The average molecular weight is 286 g/mol. The number of aromatic nitrogens is 1. The summed E-state index contributed by atoms with van der Waals surface area (Å²) >= 11 is 0. The predicted octanol–water partition coefficient (Wildman–Crippen LogP) is 0.558. The summed E-state index contributed by atoms with van der Waals surface area (Å²) in [4.78, 5) is 20.9. The van der Waals surface area contributed by atoms with Crippen LogP contribution in [0.5, 0.6) is 0 Å². The first kappa shape index (κ1) is 15.5. The van der Waals surface area contributed by atoms with Crippen molar-refractivity contribution in [2.75, 3.05) is 33.7 Å². The topological polar surface area (TPSA) is 62.5 Å². The molecule has 2 heterocycles. The highest BCUT2D eigenvalue weighted by Gasteiger charge is 2.26. The van der Waals surface area contributed by atoms with Crippen molar-refractivity contribution in [1.29, 1.82) is 0 Å². The fraction of sp³-hybridized carbons (Fsp3) is 0.500. The Hall–Kier alpha value is -1.90. The number of carbonyl (C=O) groups excluding carboxylic acids is 1. The van der Waals surface area contributed by atoms with Crippen molar-refractivity contribution in [3.05, 3.63) is 29.6 Å². The summed E-state index contributed by atoms with van der Waals surface area (Å²) in [7, 11) is 4.17. The summed E-state index contributed by atoms with van der Waals surface area (Å²) in [5, 5.41) is 0. The Kier molecular flexibility index (Phi) is 5.32. The number of likely N-dealkylation sites (tertiary alicyclic amines) is 1. The zero-order valence-electron chi connectivity index (χ0n) is 12.7. The van der Waals surface area contributed by atoms with Gasteiger partial charge in [0.25, 0.3) is 5.91 Å². The maximum atomic E-state index is 12.6. The normalized spacial score (nSPS) is 15.7. The number of amides is 1. The molecule has 1 fully saturated rings. The SMILES string of the molecule is CN(C)C1CCN(C(=O)c2ncccc2C#CCN)CC1. The van der Waals surface area contributed by atoms with Gasteiger partial charge in [-0.3, -0.25) is 4.79 Å². The second kappa shape index (κ2) is 7.21. The van der Waals surface area contributed by atoms with Crippen molar-refractivity contribution >= 4 is 5.91 Å². The number of piperidine rings is 1. The number of hydrogen-bond donors (Lipinski definition) is 1. The minimum Gasteiger partial charge on any atom is -0.337 e. The number of rotatable bonds is 2. The van der Waals surface area contributed by atoms with Gasteiger partial charge in [0.1, 0.15) is 5.69 Å². The molecule has 112 valence electrons. The van der Waals surface area contributed by atoms with Crippen LogP contribution in [0.15, 0.2) is 18.3 Å². The standard InChI is InChI=1S/C16H22N4O/c1-19(2)14-7-11-20(12-8-14)16(21)15-13(5-3-9-17)6-4-10-18-15/h4,6,10,14H,7-9,11-12,17H2,1-2H3. The third-order valence-corrected chi connectivity index (χ3v) is 3.82. The van der Waals surface area contributed by atoms with Gasteiger partial charge >= 0.3 is 0 Å². The van der Waals surface area contributed by atoms with Gasteiger partial charge in [0.2, 0.25) is 0 Å². The van der Waals surface area contributed by atoms with Crippen LogP contribution < -0.4 is 5.73 Å². The lowest BCUT2D eigenvalue weighted by Crippen LogP contribution is -2.44. The van der Waals surface area contributed by atoms with E-state index in [4.69, 9.17) is 5.73 Å². The third-order valence-electron chi connectivity index (χ3n) is 3.82. The van der Waals surface area contributed by atoms with E-state index in [1.165, 1.54) is 0 Å². The quantitative estimate of drug-likeness (QED) is 0.807. The molecular weight excluding hydrogens is 264 g/mol. The monoisotopic (exact) mass is 286 g/mol. The van der Waals surface area contributed by atoms with Crippen LogP contribution in [0.3, 0.4) is 0 Å². The predicted molar refractivity (Wildman–Crippen MR) is 82.8 cm³/mol. The Balaban J connectivity index is 2.11. The van der Waals surface area contributed by atoms with Crippen LogP contribution in [0.25, 0.3) is 0 Å². The smallest absolute Gasteiger partial charge is 0.273 e. The second-order valence-electron chi connectivity index (χ2n) is 5.39. The molecular formula is C16H22N4O. The molecule has 0 saturated carbocycles. The van der Waals surface area contributed by atoms with E-state index in [-0.39, 0.29) is 12.5 Å². The van der Waals surface area contributed by atoms with Gasteiger partial charge in [-0.15, -0.1) is 0 Å². The van der Waals surface area contributed by atoms with Gasteiger partial charge in [0.05, 0.1) is 12.1 Å². The Morgan fingerprint density at radius 2 is 2.19 bits per heavy atom. The van der Waals surface area contributed by atoms with Crippen molar-refractivity contribution in [3.8, 4) is 11.8 Å². The molecule has 0 unspecified atom stereocenters. The number of carbonyl (C=O) groups is 1. The highest BCUT2D eigenvalue weighted by atomic mass is 16.2. The van der Waals surface area contributed by atoms with Crippen LogP contribution in [0.4, 0.5) is 0 Å². The molecule has 0 aliphatic carbocycles. The molecule has 0 aromatic carbocycles. The summed E-state index contributed by atoms with van der Waals surface area (Å²) in [5.41, 5.74) is 6.48. The van der Waals surface area contributed by atoms with Crippen LogP contribution in [0.1, 0.15) is 28.9 Å². The summed E-state index contributed by atoms with van der Waals surface area (Å²) in [5.74, 6) is 5.68. The van der Waals surface area contributed by atoms with Crippen LogP contribution in [0.2, 0.25) is 0 Å². The maximum Gasteiger partial charge on any atom is 0.273 e. The highest BCUT2D eigenvalue weighted by molar-refractivity contribution is 5.94. The highest BCUT2D eigenvalue weighted by Crippen LogP contribution is 2.17. The molecule has 2 N–H and O–H groups in total. The molecule has 1 aliphatic heterocycles. The minimum atomic E-state index is -0.0332. The van der Waals surface area contributed by atoms with Gasteiger partial charge in [-0.1, -0.05) is 11.8 Å². The first-order valence-electron chi connectivity index (χ1n) is 7.23. The largest absolute Gasteiger partial charge is 0.337 e. The van der Waals surface area contributed by atoms with Gasteiger partial charge in [-0.05, 0) is 39.1 Å². The van der Waals surface area contributed by atoms with Gasteiger partial charge in [0.15, 0.2) is 0 Å². The Morgan fingerprint density at radius 1 is 1.48 bits per heavy atom. The summed E-state index contributed by atoms with van der Waals surface area (Å²) in [6, 6.07) is 4.15. The molecule has 5 heteroatoms. The Morgan fingerprint density at radius 3 is 2.81 bits per heavy atom. The number of nitrogens with two attached hydrogens (primary N) is 1. The lowest BCUT2D eigenvalue weighted by atomic mass is 10.0. The molecule has 0 atom stereocenters. The summed E-state index contributed by atoms with van der Waals surface area (Å²) < 4.78 is 0. The molecule has 0 radical (unpaired) electrons. The molecule has 1 saturated heterocycles. The number of pyridine rings is 1. The van der Waals surface area contributed by atoms with E-state index < -0.39 is 0 Å². The van der Waals surface area contributed by atoms with Crippen LogP contribution in [-0.2, 0) is 0 Å². The van der Waals surface area contributed by atoms with E-state index in [1.807, 2.05) is 11.0 Å². The van der Waals surface area contributed by atoms with Crippen molar-refractivity contribution < 1.29 is 4.79 Å². The lowest BCUT2D eigenvalue weighted by Gasteiger charge is -2.35. The lowest BCUT2D eigenvalue weighted by molar-refractivity contribution is 0.0657. The molecule has 1 aliphatic rings. The van der Waals surface area contributed by atoms with E-state index in [0.29, 0.717) is 17.3 Å². The average Bonchev–Trinajstić information content (AvgIpc) is 2.52. The van der Waals surface area contributed by atoms with E-state index >= 15 is 0 Å². The Bertz CT molecular complexity index is 551. The fourth-order valence-electron chi connectivity index (χ4n) is 2.56. The molecule has 0 bridgehead atoms. The molecule has 0 spiro atoms. The van der Waals surface area contributed by atoms with Gasteiger partial charge in [-0.25, -0.2) is 4.98 Å². The number of hydrogen-bond acceptors (Lipinski definition) is 4. The summed E-state index contributed by atoms with van der Waals surface area (Å²) in [6.07, 6.45) is 3.62. The van der Waals surface area contributed by atoms with Crippen molar-refractivity contribution in [3.63, 3.8) is 0 Å². The van der Waals surface area contributed by atoms with E-state index in [2.05, 4.69) is 35.8 Å². The third kappa shape index (κ3) is 3.81.